The molecule has 1 N–H and O–H groups in total. The zero-order valence-electron chi connectivity index (χ0n) is 14.4. The summed E-state index contributed by atoms with van der Waals surface area (Å²) in [4.78, 5) is 4.70. The molecule has 2 rings (SSSR count). The van der Waals surface area contributed by atoms with E-state index in [2.05, 4.69) is 43.8 Å². The van der Waals surface area contributed by atoms with Gasteiger partial charge in [0.15, 0.2) is 0 Å². The SMILES string of the molecule is CCCNC(c1nccn1CCC)C1CCC(C)(C)CC1. The smallest absolute Gasteiger partial charge is 0.126 e. The molecule has 0 radical (unpaired) electrons. The van der Waals surface area contributed by atoms with Crippen molar-refractivity contribution >= 4 is 0 Å². The molecule has 1 aromatic rings. The van der Waals surface area contributed by atoms with Crippen molar-refractivity contribution in [1.82, 2.24) is 14.9 Å². The fraction of sp³-hybridized carbons (Fsp3) is 0.833. The van der Waals surface area contributed by atoms with Crippen LogP contribution in [0.4, 0.5) is 0 Å². The van der Waals surface area contributed by atoms with Crippen molar-refractivity contribution in [2.75, 3.05) is 6.54 Å². The molecule has 3 nitrogen and oxygen atoms in total. The number of nitrogens with one attached hydrogen (secondary N) is 1. The third-order valence-electron chi connectivity index (χ3n) is 4.96. The fourth-order valence-corrected chi connectivity index (χ4v) is 3.55. The molecule has 0 aromatic carbocycles. The van der Waals surface area contributed by atoms with Gasteiger partial charge in [0.1, 0.15) is 5.82 Å². The molecule has 21 heavy (non-hydrogen) atoms. The van der Waals surface area contributed by atoms with Crippen molar-refractivity contribution in [3.05, 3.63) is 18.2 Å². The van der Waals surface area contributed by atoms with E-state index in [0.29, 0.717) is 11.5 Å². The van der Waals surface area contributed by atoms with Crippen LogP contribution < -0.4 is 5.32 Å². The molecule has 1 unspecified atom stereocenters. The van der Waals surface area contributed by atoms with Crippen molar-refractivity contribution in [3.8, 4) is 0 Å². The van der Waals surface area contributed by atoms with Gasteiger partial charge in [-0.15, -0.1) is 0 Å². The van der Waals surface area contributed by atoms with Crippen molar-refractivity contribution < 1.29 is 0 Å². The minimum absolute atomic E-state index is 0.433. The molecular formula is C18H33N3. The van der Waals surface area contributed by atoms with Gasteiger partial charge >= 0.3 is 0 Å². The Morgan fingerprint density at radius 2 is 2.00 bits per heavy atom. The van der Waals surface area contributed by atoms with Crippen LogP contribution in [0.25, 0.3) is 0 Å². The predicted molar refractivity (Wildman–Crippen MR) is 89.3 cm³/mol. The van der Waals surface area contributed by atoms with Crippen LogP contribution in [-0.2, 0) is 6.54 Å². The van der Waals surface area contributed by atoms with Crippen LogP contribution in [0.2, 0.25) is 0 Å². The second-order valence-corrected chi connectivity index (χ2v) is 7.41. The lowest BCUT2D eigenvalue weighted by Crippen LogP contribution is -2.35. The molecule has 3 heteroatoms. The van der Waals surface area contributed by atoms with E-state index in [1.54, 1.807) is 0 Å². The summed E-state index contributed by atoms with van der Waals surface area (Å²) < 4.78 is 2.35. The Balaban J connectivity index is 2.12. The van der Waals surface area contributed by atoms with Crippen LogP contribution in [0.15, 0.2) is 12.4 Å². The molecule has 0 spiro atoms. The van der Waals surface area contributed by atoms with Gasteiger partial charge in [-0.25, -0.2) is 4.98 Å². The van der Waals surface area contributed by atoms with Crippen LogP contribution in [0, 0.1) is 11.3 Å². The third kappa shape index (κ3) is 4.32. The number of aromatic nitrogens is 2. The minimum Gasteiger partial charge on any atom is -0.334 e. The Hall–Kier alpha value is -0.830. The average molecular weight is 291 g/mol. The third-order valence-corrected chi connectivity index (χ3v) is 4.96. The van der Waals surface area contributed by atoms with Gasteiger partial charge in [-0.3, -0.25) is 0 Å². The Labute approximate surface area is 130 Å². The number of nitrogens with zero attached hydrogens (tertiary/aromatic N) is 2. The van der Waals surface area contributed by atoms with Crippen LogP contribution in [-0.4, -0.2) is 16.1 Å². The maximum absolute atomic E-state index is 4.70. The van der Waals surface area contributed by atoms with Gasteiger partial charge in [0.05, 0.1) is 6.04 Å². The Morgan fingerprint density at radius 1 is 1.29 bits per heavy atom. The second kappa shape index (κ2) is 7.44. The summed E-state index contributed by atoms with van der Waals surface area (Å²) in [6.07, 6.45) is 11.8. The molecule has 1 aliphatic carbocycles. The summed E-state index contributed by atoms with van der Waals surface area (Å²) >= 11 is 0. The minimum atomic E-state index is 0.433. The van der Waals surface area contributed by atoms with E-state index in [4.69, 9.17) is 4.98 Å². The highest BCUT2D eigenvalue weighted by Crippen LogP contribution is 2.42. The quantitative estimate of drug-likeness (QED) is 0.798. The van der Waals surface area contributed by atoms with Gasteiger partial charge in [0.2, 0.25) is 0 Å². The summed E-state index contributed by atoms with van der Waals surface area (Å²) in [5.74, 6) is 2.00. The molecule has 1 atom stereocenters. The molecule has 1 saturated carbocycles. The molecule has 0 bridgehead atoms. The standard InChI is InChI=1S/C18H33N3/c1-5-11-19-16(15-7-9-18(3,4)10-8-15)17-20-12-14-21(17)13-6-2/h12,14-16,19H,5-11,13H2,1-4H3. The summed E-state index contributed by atoms with van der Waals surface area (Å²) in [5.41, 5.74) is 0.532. The maximum Gasteiger partial charge on any atom is 0.126 e. The molecule has 120 valence electrons. The van der Waals surface area contributed by atoms with Crippen LogP contribution in [0.3, 0.4) is 0 Å². The first-order valence-electron chi connectivity index (χ1n) is 8.82. The molecule has 1 fully saturated rings. The first-order chi connectivity index (χ1) is 10.1. The van der Waals surface area contributed by atoms with Gasteiger partial charge in [0.25, 0.3) is 0 Å². The molecule has 0 amide bonds. The number of hydrogen-bond acceptors (Lipinski definition) is 2. The average Bonchev–Trinajstić information content (AvgIpc) is 2.89. The van der Waals surface area contributed by atoms with Crippen molar-refractivity contribution in [2.45, 2.75) is 78.8 Å². The van der Waals surface area contributed by atoms with Crippen LogP contribution in [0.5, 0.6) is 0 Å². The van der Waals surface area contributed by atoms with E-state index in [1.165, 1.54) is 44.3 Å². The molecule has 1 aromatic heterocycles. The fourth-order valence-electron chi connectivity index (χ4n) is 3.55. The van der Waals surface area contributed by atoms with Crippen molar-refractivity contribution in [2.24, 2.45) is 11.3 Å². The lowest BCUT2D eigenvalue weighted by molar-refractivity contribution is 0.157. The lowest BCUT2D eigenvalue weighted by Gasteiger charge is -2.38. The monoisotopic (exact) mass is 291 g/mol. The number of aryl methyl sites for hydroxylation is 1. The van der Waals surface area contributed by atoms with Gasteiger partial charge in [0, 0.05) is 18.9 Å². The summed E-state index contributed by atoms with van der Waals surface area (Å²) in [7, 11) is 0. The molecule has 1 aliphatic rings. The van der Waals surface area contributed by atoms with E-state index in [1.807, 2.05) is 6.20 Å². The molecule has 1 heterocycles. The maximum atomic E-state index is 4.70. The molecule has 0 saturated heterocycles. The molecular weight excluding hydrogens is 258 g/mol. The van der Waals surface area contributed by atoms with Crippen molar-refractivity contribution in [1.29, 1.82) is 0 Å². The summed E-state index contributed by atoms with van der Waals surface area (Å²) in [5, 5.41) is 3.78. The van der Waals surface area contributed by atoms with E-state index in [-0.39, 0.29) is 0 Å². The highest BCUT2D eigenvalue weighted by molar-refractivity contribution is 5.03. The number of imidazole rings is 1. The van der Waals surface area contributed by atoms with Gasteiger partial charge in [-0.1, -0.05) is 27.7 Å². The Kier molecular flexibility index (Phi) is 5.86. The van der Waals surface area contributed by atoms with E-state index >= 15 is 0 Å². The highest BCUT2D eigenvalue weighted by Gasteiger charge is 2.33. The zero-order chi connectivity index (χ0) is 15.3. The Bertz CT molecular complexity index is 412. The topological polar surface area (TPSA) is 29.9 Å². The summed E-state index contributed by atoms with van der Waals surface area (Å²) in [6.45, 7) is 11.5. The van der Waals surface area contributed by atoms with E-state index in [9.17, 15) is 0 Å². The summed E-state index contributed by atoms with van der Waals surface area (Å²) in [6, 6.07) is 0.433. The first kappa shape index (κ1) is 16.5. The number of rotatable bonds is 7. The van der Waals surface area contributed by atoms with Gasteiger partial charge in [-0.05, 0) is 56.4 Å². The van der Waals surface area contributed by atoms with Gasteiger partial charge < -0.3 is 9.88 Å². The lowest BCUT2D eigenvalue weighted by atomic mass is 9.71. The number of hydrogen-bond donors (Lipinski definition) is 1. The van der Waals surface area contributed by atoms with Gasteiger partial charge in [-0.2, -0.15) is 0 Å². The van der Waals surface area contributed by atoms with E-state index in [0.717, 1.165) is 19.0 Å². The molecule has 0 aliphatic heterocycles. The van der Waals surface area contributed by atoms with Crippen LogP contribution in [0.1, 0.15) is 78.1 Å². The second-order valence-electron chi connectivity index (χ2n) is 7.41. The van der Waals surface area contributed by atoms with Crippen molar-refractivity contribution in [3.63, 3.8) is 0 Å². The first-order valence-corrected chi connectivity index (χ1v) is 8.82. The Morgan fingerprint density at radius 3 is 2.62 bits per heavy atom. The normalized spacial score (nSPS) is 20.6. The van der Waals surface area contributed by atoms with Crippen LogP contribution >= 0.6 is 0 Å². The largest absolute Gasteiger partial charge is 0.334 e. The predicted octanol–water partition coefficient (Wildman–Crippen LogP) is 4.55. The van der Waals surface area contributed by atoms with E-state index < -0.39 is 0 Å². The zero-order valence-corrected chi connectivity index (χ0v) is 14.4. The highest BCUT2D eigenvalue weighted by atomic mass is 15.1.